The smallest absolute Gasteiger partial charge is 0.274 e. The van der Waals surface area contributed by atoms with Gasteiger partial charge in [-0.3, -0.25) is 4.79 Å². The first-order chi connectivity index (χ1) is 12.2. The molecule has 0 saturated carbocycles. The van der Waals surface area contributed by atoms with E-state index >= 15 is 0 Å². The first-order valence-corrected chi connectivity index (χ1v) is 8.49. The topological polar surface area (TPSA) is 76.6 Å². The van der Waals surface area contributed by atoms with Gasteiger partial charge in [0.2, 0.25) is 6.79 Å². The van der Waals surface area contributed by atoms with E-state index in [0.717, 1.165) is 37.4 Å². The van der Waals surface area contributed by atoms with E-state index in [-0.39, 0.29) is 12.7 Å². The number of carbonyl (C=O) groups is 1. The Balaban J connectivity index is 1.68. The monoisotopic (exact) mass is 342 g/mol. The van der Waals surface area contributed by atoms with Crippen molar-refractivity contribution in [3.8, 4) is 11.5 Å². The van der Waals surface area contributed by atoms with Crippen LogP contribution in [0.1, 0.15) is 37.2 Å². The molecule has 1 aromatic carbocycles. The van der Waals surface area contributed by atoms with Gasteiger partial charge in [-0.15, -0.1) is 0 Å². The molecule has 3 rings (SSSR count). The van der Waals surface area contributed by atoms with Gasteiger partial charge in [-0.05, 0) is 25.0 Å². The molecule has 0 fully saturated rings. The zero-order chi connectivity index (χ0) is 17.6. The van der Waals surface area contributed by atoms with Gasteiger partial charge in [0.05, 0.1) is 12.4 Å². The Hall–Kier alpha value is -2.83. The number of fused-ring (bicyclic) bond motifs is 1. The molecule has 7 nitrogen and oxygen atoms in total. The van der Waals surface area contributed by atoms with Crippen LogP contribution in [0.3, 0.4) is 0 Å². The fourth-order valence-electron chi connectivity index (χ4n) is 2.64. The summed E-state index contributed by atoms with van der Waals surface area (Å²) in [5.74, 6) is 1.91. The van der Waals surface area contributed by atoms with E-state index in [1.807, 2.05) is 23.1 Å². The van der Waals surface area contributed by atoms with Crippen LogP contribution < -0.4 is 14.8 Å². The minimum Gasteiger partial charge on any atom is -0.454 e. The summed E-state index contributed by atoms with van der Waals surface area (Å²) in [6, 6.07) is 5.55. The van der Waals surface area contributed by atoms with Gasteiger partial charge in [-0.1, -0.05) is 13.8 Å². The molecule has 0 atom stereocenters. The van der Waals surface area contributed by atoms with Crippen molar-refractivity contribution in [1.82, 2.24) is 14.9 Å². The summed E-state index contributed by atoms with van der Waals surface area (Å²) in [7, 11) is 0. The normalized spacial score (nSPS) is 12.1. The highest BCUT2D eigenvalue weighted by atomic mass is 16.7. The fourth-order valence-corrected chi connectivity index (χ4v) is 2.64. The second kappa shape index (κ2) is 7.83. The number of ether oxygens (including phenoxy) is 2. The zero-order valence-corrected chi connectivity index (χ0v) is 14.5. The van der Waals surface area contributed by atoms with Crippen molar-refractivity contribution in [3.05, 3.63) is 36.3 Å². The number of hydrogen-bond acceptors (Lipinski definition) is 6. The van der Waals surface area contributed by atoms with Crippen molar-refractivity contribution in [2.45, 2.75) is 26.7 Å². The van der Waals surface area contributed by atoms with Crippen molar-refractivity contribution >= 4 is 17.4 Å². The predicted octanol–water partition coefficient (Wildman–Crippen LogP) is 3.21. The van der Waals surface area contributed by atoms with Crippen LogP contribution in [0.4, 0.5) is 11.5 Å². The summed E-state index contributed by atoms with van der Waals surface area (Å²) in [6.45, 7) is 5.80. The van der Waals surface area contributed by atoms with Crippen LogP contribution in [0.15, 0.2) is 30.6 Å². The molecule has 1 aliphatic rings. The summed E-state index contributed by atoms with van der Waals surface area (Å²) < 4.78 is 10.6. The third-order valence-corrected chi connectivity index (χ3v) is 3.79. The van der Waals surface area contributed by atoms with Gasteiger partial charge in [0.15, 0.2) is 11.5 Å². The molecule has 1 aliphatic heterocycles. The lowest BCUT2D eigenvalue weighted by atomic mass is 10.3. The van der Waals surface area contributed by atoms with Gasteiger partial charge < -0.3 is 19.7 Å². The van der Waals surface area contributed by atoms with Gasteiger partial charge in [-0.25, -0.2) is 9.97 Å². The SMILES string of the molecule is CCCN(CCC)C(=O)c1cnc(Nc2ccc3c(c2)OCO3)cn1. The van der Waals surface area contributed by atoms with Crippen molar-refractivity contribution in [2.75, 3.05) is 25.2 Å². The van der Waals surface area contributed by atoms with Crippen LogP contribution in [-0.2, 0) is 0 Å². The van der Waals surface area contributed by atoms with E-state index in [2.05, 4.69) is 29.1 Å². The molecule has 2 aromatic rings. The maximum atomic E-state index is 12.5. The number of amides is 1. The van der Waals surface area contributed by atoms with Gasteiger partial charge in [0.25, 0.3) is 5.91 Å². The molecule has 0 bridgehead atoms. The van der Waals surface area contributed by atoms with Crippen molar-refractivity contribution in [3.63, 3.8) is 0 Å². The summed E-state index contributed by atoms with van der Waals surface area (Å²) in [4.78, 5) is 22.9. The lowest BCUT2D eigenvalue weighted by Crippen LogP contribution is -2.33. The average molecular weight is 342 g/mol. The van der Waals surface area contributed by atoms with Crippen LogP contribution >= 0.6 is 0 Å². The molecule has 0 saturated heterocycles. The zero-order valence-electron chi connectivity index (χ0n) is 14.5. The molecule has 0 radical (unpaired) electrons. The fraction of sp³-hybridized carbons (Fsp3) is 0.389. The first-order valence-electron chi connectivity index (χ1n) is 8.49. The van der Waals surface area contributed by atoms with E-state index in [1.165, 1.54) is 6.20 Å². The van der Waals surface area contributed by atoms with Gasteiger partial charge in [-0.2, -0.15) is 0 Å². The molecule has 2 heterocycles. The molecule has 7 heteroatoms. The standard InChI is InChI=1S/C18H22N4O3/c1-3-7-22(8-4-2)18(23)14-10-20-17(11-19-14)21-13-5-6-15-16(9-13)25-12-24-15/h5-6,9-11H,3-4,7-8,12H2,1-2H3,(H,20,21). The Morgan fingerprint density at radius 1 is 1.12 bits per heavy atom. The summed E-state index contributed by atoms with van der Waals surface area (Å²) >= 11 is 0. The Labute approximate surface area is 147 Å². The van der Waals surface area contributed by atoms with Crippen LogP contribution in [-0.4, -0.2) is 40.7 Å². The van der Waals surface area contributed by atoms with Crippen molar-refractivity contribution < 1.29 is 14.3 Å². The number of hydrogen-bond donors (Lipinski definition) is 1. The quantitative estimate of drug-likeness (QED) is 0.832. The van der Waals surface area contributed by atoms with E-state index in [0.29, 0.717) is 17.3 Å². The number of aromatic nitrogens is 2. The maximum absolute atomic E-state index is 12.5. The Kier molecular flexibility index (Phi) is 5.33. The lowest BCUT2D eigenvalue weighted by molar-refractivity contribution is 0.0749. The lowest BCUT2D eigenvalue weighted by Gasteiger charge is -2.20. The molecule has 25 heavy (non-hydrogen) atoms. The van der Waals surface area contributed by atoms with Crippen LogP contribution in [0.2, 0.25) is 0 Å². The molecule has 0 unspecified atom stereocenters. The number of benzene rings is 1. The summed E-state index contributed by atoms with van der Waals surface area (Å²) in [5.41, 5.74) is 1.18. The largest absolute Gasteiger partial charge is 0.454 e. The van der Waals surface area contributed by atoms with Crippen LogP contribution in [0, 0.1) is 0 Å². The molecule has 0 spiro atoms. The summed E-state index contributed by atoms with van der Waals surface area (Å²) in [6.07, 6.45) is 4.91. The van der Waals surface area contributed by atoms with Crippen LogP contribution in [0.5, 0.6) is 11.5 Å². The minimum atomic E-state index is -0.0779. The predicted molar refractivity (Wildman–Crippen MR) is 94.4 cm³/mol. The number of anilines is 2. The van der Waals surface area contributed by atoms with Crippen LogP contribution in [0.25, 0.3) is 0 Å². The Bertz CT molecular complexity index is 728. The van der Waals surface area contributed by atoms with E-state index in [4.69, 9.17) is 9.47 Å². The molecule has 1 aromatic heterocycles. The molecule has 132 valence electrons. The Morgan fingerprint density at radius 2 is 1.88 bits per heavy atom. The van der Waals surface area contributed by atoms with E-state index in [9.17, 15) is 4.79 Å². The van der Waals surface area contributed by atoms with Gasteiger partial charge in [0.1, 0.15) is 11.5 Å². The number of nitrogens with one attached hydrogen (secondary N) is 1. The minimum absolute atomic E-state index is 0.0779. The Morgan fingerprint density at radius 3 is 2.56 bits per heavy atom. The molecular weight excluding hydrogens is 320 g/mol. The van der Waals surface area contributed by atoms with Crippen molar-refractivity contribution in [1.29, 1.82) is 0 Å². The summed E-state index contributed by atoms with van der Waals surface area (Å²) in [5, 5.41) is 3.15. The molecule has 1 N–H and O–H groups in total. The second-order valence-corrected chi connectivity index (χ2v) is 5.77. The third-order valence-electron chi connectivity index (χ3n) is 3.79. The maximum Gasteiger partial charge on any atom is 0.274 e. The number of rotatable bonds is 7. The second-order valence-electron chi connectivity index (χ2n) is 5.77. The molecular formula is C18H22N4O3. The van der Waals surface area contributed by atoms with E-state index < -0.39 is 0 Å². The highest BCUT2D eigenvalue weighted by molar-refractivity contribution is 5.92. The highest BCUT2D eigenvalue weighted by Gasteiger charge is 2.16. The number of nitrogens with zero attached hydrogens (tertiary/aromatic N) is 3. The molecule has 1 amide bonds. The van der Waals surface area contributed by atoms with Gasteiger partial charge in [0, 0.05) is 24.8 Å². The average Bonchev–Trinajstić information content (AvgIpc) is 3.09. The van der Waals surface area contributed by atoms with Crippen molar-refractivity contribution in [2.24, 2.45) is 0 Å². The van der Waals surface area contributed by atoms with E-state index in [1.54, 1.807) is 6.20 Å². The van der Waals surface area contributed by atoms with Gasteiger partial charge >= 0.3 is 0 Å². The number of carbonyl (C=O) groups excluding carboxylic acids is 1. The third kappa shape index (κ3) is 3.99. The first kappa shape index (κ1) is 17.0. The highest BCUT2D eigenvalue weighted by Crippen LogP contribution is 2.34. The molecule has 0 aliphatic carbocycles.